The number of aliphatic hydroxyl groups is 4. The number of carbonyl (C=O) groups is 3. The Balaban J connectivity index is 5.28. The molecule has 8 N–H and O–H groups in total. The van der Waals surface area contributed by atoms with Crippen molar-refractivity contribution in [2.24, 2.45) is 0 Å². The van der Waals surface area contributed by atoms with Crippen molar-refractivity contribution in [2.75, 3.05) is 178 Å². The zero-order valence-electron chi connectivity index (χ0n) is 57.0. The number of carbonyl (C=O) groups excluding carboxylic acids is 2. The molecule has 2 amide bonds. The molecular weight excluding hydrogens is 1140 g/mol. The largest absolute Gasteiger partial charge is 0.478 e. The summed E-state index contributed by atoms with van der Waals surface area (Å²) in [7, 11) is 0. The van der Waals surface area contributed by atoms with Crippen molar-refractivity contribution < 1.29 is 77.8 Å². The van der Waals surface area contributed by atoms with Gasteiger partial charge in [-0.2, -0.15) is 0 Å². The summed E-state index contributed by atoms with van der Waals surface area (Å²) < 4.78 is 43.6. The Morgan fingerprint density at radius 2 is 0.742 bits per heavy atom. The van der Waals surface area contributed by atoms with Crippen molar-refractivity contribution in [1.29, 1.82) is 0 Å². The van der Waals surface area contributed by atoms with Crippen LogP contribution in [0.2, 0.25) is 0 Å². The maximum atomic E-state index is 14.5. The Morgan fingerprint density at radius 3 is 1.10 bits per heavy atom. The topological polar surface area (TPSA) is 269 Å². The number of rotatable bonds is 73. The maximum absolute atomic E-state index is 14.5. The molecule has 0 heterocycles. The third kappa shape index (κ3) is 60.3. The highest BCUT2D eigenvalue weighted by Crippen LogP contribution is 2.18. The summed E-state index contributed by atoms with van der Waals surface area (Å²) in [5, 5.41) is 61.8. The molecule has 0 rings (SSSR count). The Kier molecular flexibility index (Phi) is 66.5. The number of hydrogen-bond acceptors (Lipinski definition) is 18. The second-order valence-corrected chi connectivity index (χ2v) is 23.6. The molecule has 0 aliphatic rings. The summed E-state index contributed by atoms with van der Waals surface area (Å²) in [5.41, 5.74) is -0.103. The average molecular weight is 1280 g/mol. The van der Waals surface area contributed by atoms with Gasteiger partial charge in [-0.25, -0.2) is 4.79 Å². The van der Waals surface area contributed by atoms with Crippen molar-refractivity contribution in [3.63, 3.8) is 0 Å². The van der Waals surface area contributed by atoms with E-state index >= 15 is 0 Å². The molecule has 0 saturated carbocycles. The molecule has 0 aromatic rings. The van der Waals surface area contributed by atoms with E-state index in [0.717, 1.165) is 64.2 Å². The summed E-state index contributed by atoms with van der Waals surface area (Å²) >= 11 is 0. The molecule has 0 spiro atoms. The first-order valence-electron chi connectivity index (χ1n) is 35.4. The van der Waals surface area contributed by atoms with Gasteiger partial charge in [0.2, 0.25) is 11.8 Å². The van der Waals surface area contributed by atoms with Crippen molar-refractivity contribution in [3.8, 4) is 0 Å². The molecule has 0 aromatic carbocycles. The van der Waals surface area contributed by atoms with Gasteiger partial charge in [0.25, 0.3) is 0 Å². The van der Waals surface area contributed by atoms with Crippen molar-refractivity contribution in [2.45, 2.75) is 232 Å². The number of nitrogens with zero attached hydrogens (tertiary/aromatic N) is 2. The molecule has 0 radical (unpaired) electrons. The highest BCUT2D eigenvalue weighted by Gasteiger charge is 2.25. The summed E-state index contributed by atoms with van der Waals surface area (Å²) in [5.74, 6) is -2.11. The molecule has 89 heavy (non-hydrogen) atoms. The summed E-state index contributed by atoms with van der Waals surface area (Å²) in [4.78, 5) is 44.0. The van der Waals surface area contributed by atoms with E-state index in [1.807, 2.05) is 0 Å². The third-order valence-electron chi connectivity index (χ3n) is 15.6. The first-order valence-corrected chi connectivity index (χ1v) is 35.4. The number of ether oxygens (including phenoxy) is 8. The van der Waals surface area contributed by atoms with Crippen LogP contribution in [0, 0.1) is 0 Å². The van der Waals surface area contributed by atoms with E-state index < -0.39 is 30.2 Å². The Labute approximate surface area is 540 Å². The van der Waals surface area contributed by atoms with Crippen LogP contribution in [0.5, 0.6) is 0 Å². The number of carboxylic acids is 1. The molecule has 21 nitrogen and oxygen atoms in total. The Morgan fingerprint density at radius 1 is 0.404 bits per heavy atom. The minimum Gasteiger partial charge on any atom is -0.478 e. The van der Waals surface area contributed by atoms with Crippen molar-refractivity contribution >= 4 is 17.8 Å². The maximum Gasteiger partial charge on any atom is 0.332 e. The standard InChI is InChI=1S/C68H135N5O16/c1-5-8-11-14-17-20-23-26-29-62(75)58-69-34-37-72(38-35-70-59-63(76)30-27-24-21-18-15-12-9-6-2)39-40-73(60-64(77)31-28-25-22-19-16-13-10-7-3)67(79)61(4)65(68(80)81)32-33-66(78)71-36-42-82-44-46-84-48-50-86-52-54-88-56-57-89-55-53-87-51-49-85-47-45-83-43-41-74/h62-64,69-70,74-77H,5-60H2,1-4H3,(H,71,78)(H,80,81)/b65-61-. The average Bonchev–Trinajstić information content (AvgIpc) is 2.81. The van der Waals surface area contributed by atoms with Gasteiger partial charge in [-0.15, -0.1) is 0 Å². The van der Waals surface area contributed by atoms with E-state index in [9.17, 15) is 34.8 Å². The fraction of sp³-hybridized carbons (Fsp3) is 0.926. The highest BCUT2D eigenvalue weighted by molar-refractivity contribution is 6.02. The van der Waals surface area contributed by atoms with Crippen LogP contribution in [0.1, 0.15) is 214 Å². The lowest BCUT2D eigenvalue weighted by molar-refractivity contribution is -0.134. The predicted molar refractivity (Wildman–Crippen MR) is 355 cm³/mol. The molecule has 0 aliphatic carbocycles. The Hall–Kier alpha value is -2.45. The normalized spacial score (nSPS) is 13.1. The fourth-order valence-corrected chi connectivity index (χ4v) is 10.1. The van der Waals surface area contributed by atoms with Gasteiger partial charge < -0.3 is 84.3 Å². The van der Waals surface area contributed by atoms with Crippen LogP contribution >= 0.6 is 0 Å². The number of aliphatic hydroxyl groups excluding tert-OH is 4. The van der Waals surface area contributed by atoms with Crippen LogP contribution in [0.15, 0.2) is 11.1 Å². The van der Waals surface area contributed by atoms with Gasteiger partial charge in [-0.05, 0) is 32.6 Å². The van der Waals surface area contributed by atoms with E-state index in [2.05, 4.69) is 41.6 Å². The molecule has 528 valence electrons. The minimum absolute atomic E-state index is 0.00191. The zero-order chi connectivity index (χ0) is 65.1. The smallest absolute Gasteiger partial charge is 0.332 e. The molecule has 21 heteroatoms. The predicted octanol–water partition coefficient (Wildman–Crippen LogP) is 8.39. The second kappa shape index (κ2) is 68.4. The highest BCUT2D eigenvalue weighted by atomic mass is 16.6. The minimum atomic E-state index is -1.27. The number of carboxylic acid groups (broad SMARTS) is 1. The van der Waals surface area contributed by atoms with Gasteiger partial charge in [0.15, 0.2) is 0 Å². The van der Waals surface area contributed by atoms with Crippen LogP contribution in [0.3, 0.4) is 0 Å². The van der Waals surface area contributed by atoms with Gasteiger partial charge >= 0.3 is 5.97 Å². The molecule has 0 saturated heterocycles. The number of nitrogens with one attached hydrogen (secondary N) is 3. The summed E-state index contributed by atoms with van der Waals surface area (Å²) in [6.07, 6.45) is 28.5. The lowest BCUT2D eigenvalue weighted by Crippen LogP contribution is -2.46. The van der Waals surface area contributed by atoms with Gasteiger partial charge in [-0.3, -0.25) is 14.5 Å². The molecule has 0 aromatic heterocycles. The second-order valence-electron chi connectivity index (χ2n) is 23.6. The van der Waals surface area contributed by atoms with Crippen molar-refractivity contribution in [3.05, 3.63) is 11.1 Å². The number of hydrogen-bond donors (Lipinski definition) is 8. The lowest BCUT2D eigenvalue weighted by Gasteiger charge is -2.30. The van der Waals surface area contributed by atoms with Crippen LogP contribution < -0.4 is 16.0 Å². The number of unbranched alkanes of at least 4 members (excludes halogenated alkanes) is 21. The third-order valence-corrected chi connectivity index (χ3v) is 15.6. The fourth-order valence-electron chi connectivity index (χ4n) is 10.1. The lowest BCUT2D eigenvalue weighted by atomic mass is 10.0. The monoisotopic (exact) mass is 1280 g/mol. The van der Waals surface area contributed by atoms with E-state index in [-0.39, 0.29) is 62.7 Å². The summed E-state index contributed by atoms with van der Waals surface area (Å²) in [6, 6.07) is 0. The summed E-state index contributed by atoms with van der Waals surface area (Å²) in [6.45, 7) is 19.1. The molecule has 3 unspecified atom stereocenters. The van der Waals surface area contributed by atoms with Crippen LogP contribution in [0.4, 0.5) is 0 Å². The van der Waals surface area contributed by atoms with E-state index in [1.165, 1.54) is 110 Å². The quantitative estimate of drug-likeness (QED) is 0.0210. The van der Waals surface area contributed by atoms with Gasteiger partial charge in [-0.1, -0.05) is 175 Å². The van der Waals surface area contributed by atoms with Gasteiger partial charge in [0.1, 0.15) is 0 Å². The SMILES string of the molecule is CCCCCCCCCCC(O)CNCCN(CCNCC(O)CCCCCCCCCC)CCN(CC(O)CCCCCCCCCC)C(=O)/C(C)=C(/CCC(=O)NCCOCCOCCOCCOCCOCCOCCOCCOCCO)C(=O)O. The first kappa shape index (κ1) is 86.5. The van der Waals surface area contributed by atoms with Crippen LogP contribution in [-0.4, -0.2) is 249 Å². The molecule has 3 atom stereocenters. The van der Waals surface area contributed by atoms with E-state index in [0.29, 0.717) is 151 Å². The zero-order valence-corrected chi connectivity index (χ0v) is 57.0. The molecular formula is C68H135N5O16. The molecule has 0 bridgehead atoms. The van der Waals surface area contributed by atoms with E-state index in [1.54, 1.807) is 4.90 Å². The van der Waals surface area contributed by atoms with Crippen molar-refractivity contribution in [1.82, 2.24) is 25.8 Å². The Bertz CT molecular complexity index is 1540. The van der Waals surface area contributed by atoms with Gasteiger partial charge in [0, 0.05) is 83.0 Å². The van der Waals surface area contributed by atoms with Gasteiger partial charge in [0.05, 0.1) is 131 Å². The van der Waals surface area contributed by atoms with E-state index in [4.69, 9.17) is 43.0 Å². The molecule has 0 fully saturated rings. The number of amides is 2. The number of aliphatic carboxylic acids is 1. The molecule has 0 aliphatic heterocycles. The van der Waals surface area contributed by atoms with Crippen LogP contribution in [0.25, 0.3) is 0 Å². The first-order chi connectivity index (χ1) is 43.5. The van der Waals surface area contributed by atoms with Crippen LogP contribution in [-0.2, 0) is 52.3 Å².